The second-order valence-corrected chi connectivity index (χ2v) is 8.29. The number of allylic oxidation sites excluding steroid dienone is 1. The predicted molar refractivity (Wildman–Crippen MR) is 147 cm³/mol. The number of hydrogen-bond donors (Lipinski definition) is 3. The molecule has 0 fully saturated rings. The molecule has 1 aliphatic rings. The molecule has 3 rings (SSSR count). The van der Waals surface area contributed by atoms with Crippen LogP contribution < -0.4 is 35.0 Å². The molecule has 0 saturated heterocycles. The van der Waals surface area contributed by atoms with Crippen molar-refractivity contribution in [3.05, 3.63) is 71.5 Å². The summed E-state index contributed by atoms with van der Waals surface area (Å²) in [6, 6.07) is 8.83. The van der Waals surface area contributed by atoms with Crippen molar-refractivity contribution in [3.63, 3.8) is 0 Å². The van der Waals surface area contributed by atoms with Crippen molar-refractivity contribution in [3.8, 4) is 23.0 Å². The van der Waals surface area contributed by atoms with Gasteiger partial charge in [-0.2, -0.15) is 5.10 Å². The van der Waals surface area contributed by atoms with Crippen LogP contribution >= 0.6 is 0 Å². The zero-order valence-corrected chi connectivity index (χ0v) is 22.7. The predicted octanol–water partition coefficient (Wildman–Crippen LogP) is 2.99. The van der Waals surface area contributed by atoms with E-state index in [1.807, 2.05) is 0 Å². The summed E-state index contributed by atoms with van der Waals surface area (Å²) in [4.78, 5) is 37.0. The van der Waals surface area contributed by atoms with Crippen molar-refractivity contribution in [2.75, 3.05) is 34.0 Å². The largest absolute Gasteiger partial charge is 0.493 e. The second kappa shape index (κ2) is 14.2. The van der Waals surface area contributed by atoms with Crippen LogP contribution in [0.3, 0.4) is 0 Å². The zero-order valence-electron chi connectivity index (χ0n) is 22.7. The molecular weight excluding hydrogens is 520 g/mol. The number of esters is 1. The summed E-state index contributed by atoms with van der Waals surface area (Å²) in [7, 11) is 2.96. The van der Waals surface area contributed by atoms with E-state index in [9.17, 15) is 14.4 Å². The zero-order chi connectivity index (χ0) is 29.1. The highest BCUT2D eigenvalue weighted by Gasteiger charge is 2.32. The Balaban J connectivity index is 1.65. The first-order chi connectivity index (χ1) is 19.3. The number of hydrogen-bond acceptors (Lipinski definition) is 9. The van der Waals surface area contributed by atoms with Gasteiger partial charge >= 0.3 is 12.0 Å². The maximum absolute atomic E-state index is 12.6. The fraction of sp³-hybridized carbons (Fsp3) is 0.286. The van der Waals surface area contributed by atoms with Gasteiger partial charge in [-0.15, -0.1) is 0 Å². The number of hydrazone groups is 1. The summed E-state index contributed by atoms with van der Waals surface area (Å²) in [5.41, 5.74) is 4.29. The molecule has 40 heavy (non-hydrogen) atoms. The Labute approximate surface area is 232 Å². The van der Waals surface area contributed by atoms with E-state index in [0.29, 0.717) is 40.7 Å². The number of nitrogens with zero attached hydrogens (tertiary/aromatic N) is 1. The van der Waals surface area contributed by atoms with Gasteiger partial charge in [-0.1, -0.05) is 18.7 Å². The van der Waals surface area contributed by atoms with Gasteiger partial charge in [-0.05, 0) is 55.3 Å². The van der Waals surface area contributed by atoms with Crippen LogP contribution in [0.1, 0.15) is 31.0 Å². The van der Waals surface area contributed by atoms with Gasteiger partial charge in [-0.25, -0.2) is 15.0 Å². The number of rotatable bonds is 13. The summed E-state index contributed by atoms with van der Waals surface area (Å²) in [6.07, 6.45) is 3.08. The fourth-order valence-electron chi connectivity index (χ4n) is 3.79. The third-order valence-corrected chi connectivity index (χ3v) is 5.59. The summed E-state index contributed by atoms with van der Waals surface area (Å²) in [5, 5.41) is 9.26. The minimum atomic E-state index is -0.769. The first kappa shape index (κ1) is 29.6. The first-order valence-electron chi connectivity index (χ1n) is 12.3. The summed E-state index contributed by atoms with van der Waals surface area (Å²) >= 11 is 0. The minimum Gasteiger partial charge on any atom is -0.493 e. The van der Waals surface area contributed by atoms with Crippen LogP contribution in [0, 0.1) is 0 Å². The quantitative estimate of drug-likeness (QED) is 0.149. The summed E-state index contributed by atoms with van der Waals surface area (Å²) in [5.74, 6) is 0.596. The molecule has 1 aliphatic heterocycles. The molecule has 1 heterocycles. The third kappa shape index (κ3) is 7.53. The highest BCUT2D eigenvalue weighted by molar-refractivity contribution is 5.95. The lowest BCUT2D eigenvalue weighted by atomic mass is 9.95. The number of carbonyl (C=O) groups is 3. The molecule has 3 N–H and O–H groups in total. The number of nitrogens with one attached hydrogen (secondary N) is 3. The molecule has 0 spiro atoms. The number of methoxy groups -OCH3 is 2. The molecule has 3 amide bonds. The lowest BCUT2D eigenvalue weighted by Gasteiger charge is -2.28. The molecule has 0 saturated carbocycles. The van der Waals surface area contributed by atoms with Crippen LogP contribution in [0.5, 0.6) is 23.0 Å². The van der Waals surface area contributed by atoms with Crippen molar-refractivity contribution in [1.82, 2.24) is 16.1 Å². The molecule has 12 heteroatoms. The Kier molecular flexibility index (Phi) is 10.5. The average Bonchev–Trinajstić information content (AvgIpc) is 2.94. The fourth-order valence-corrected chi connectivity index (χ4v) is 3.79. The van der Waals surface area contributed by atoms with E-state index in [-0.39, 0.29) is 24.5 Å². The molecule has 1 atom stereocenters. The lowest BCUT2D eigenvalue weighted by Crippen LogP contribution is -2.45. The molecule has 0 radical (unpaired) electrons. The van der Waals surface area contributed by atoms with Crippen LogP contribution in [0.4, 0.5) is 4.79 Å². The Bertz CT molecular complexity index is 1320. The molecule has 0 unspecified atom stereocenters. The highest BCUT2D eigenvalue weighted by Crippen LogP contribution is 2.34. The number of benzene rings is 2. The SMILES string of the molecule is C=CCOc1ccc(/C=N\NC(=O)COc2ccc([C@@H]3NC(=O)NC(C)=C3C(=O)OCC)cc2OC)cc1OC. The Morgan fingerprint density at radius 3 is 2.45 bits per heavy atom. The van der Waals surface area contributed by atoms with Gasteiger partial charge in [0.15, 0.2) is 29.6 Å². The molecular formula is C28H32N4O8. The van der Waals surface area contributed by atoms with Crippen LogP contribution in [0.2, 0.25) is 0 Å². The maximum atomic E-state index is 12.6. The van der Waals surface area contributed by atoms with E-state index < -0.39 is 23.9 Å². The maximum Gasteiger partial charge on any atom is 0.338 e. The van der Waals surface area contributed by atoms with Crippen molar-refractivity contribution in [2.24, 2.45) is 5.10 Å². The second-order valence-electron chi connectivity index (χ2n) is 8.29. The Morgan fingerprint density at radius 2 is 1.75 bits per heavy atom. The topological polar surface area (TPSA) is 146 Å². The van der Waals surface area contributed by atoms with Crippen LogP contribution in [-0.2, 0) is 14.3 Å². The molecule has 0 aromatic heterocycles. The Morgan fingerprint density at radius 1 is 1.05 bits per heavy atom. The van der Waals surface area contributed by atoms with E-state index >= 15 is 0 Å². The standard InChI is InChI=1S/C28H32N4O8/c1-6-12-39-20-10-8-18(13-22(20)36-4)15-29-32-24(33)16-40-21-11-9-19(14-23(21)37-5)26-25(27(34)38-7-2)17(3)30-28(35)31-26/h6,8-11,13-15,26H,1,7,12,16H2,2-5H3,(H,32,33)(H2,30,31,35)/b29-15-/t26-/m0/s1. The minimum absolute atomic E-state index is 0.185. The van der Waals surface area contributed by atoms with E-state index in [4.69, 9.17) is 23.7 Å². The van der Waals surface area contributed by atoms with Crippen molar-refractivity contribution < 1.29 is 38.1 Å². The smallest absolute Gasteiger partial charge is 0.338 e. The van der Waals surface area contributed by atoms with E-state index in [1.54, 1.807) is 56.3 Å². The number of ether oxygens (including phenoxy) is 5. The first-order valence-corrected chi connectivity index (χ1v) is 12.3. The van der Waals surface area contributed by atoms with Gasteiger partial charge in [0.25, 0.3) is 5.91 Å². The van der Waals surface area contributed by atoms with Gasteiger partial charge in [0.05, 0.1) is 38.7 Å². The molecule has 212 valence electrons. The molecule has 2 aromatic rings. The van der Waals surface area contributed by atoms with Crippen LogP contribution in [0.25, 0.3) is 0 Å². The normalized spacial score (nSPS) is 14.6. The van der Waals surface area contributed by atoms with Gasteiger partial charge < -0.3 is 34.3 Å². The summed E-state index contributed by atoms with van der Waals surface area (Å²) < 4.78 is 27.0. The molecule has 0 bridgehead atoms. The molecule has 0 aliphatic carbocycles. The molecule has 2 aromatic carbocycles. The van der Waals surface area contributed by atoms with E-state index in [2.05, 4.69) is 27.7 Å². The molecule has 12 nitrogen and oxygen atoms in total. The van der Waals surface area contributed by atoms with Gasteiger partial charge in [0.2, 0.25) is 0 Å². The van der Waals surface area contributed by atoms with E-state index in [0.717, 1.165) is 0 Å². The average molecular weight is 553 g/mol. The van der Waals surface area contributed by atoms with Gasteiger partial charge in [0, 0.05) is 5.70 Å². The van der Waals surface area contributed by atoms with Crippen molar-refractivity contribution in [2.45, 2.75) is 19.9 Å². The number of amides is 3. The number of carbonyl (C=O) groups excluding carboxylic acids is 3. The van der Waals surface area contributed by atoms with Gasteiger partial charge in [0.1, 0.15) is 6.61 Å². The number of urea groups is 1. The Hall–Kier alpha value is -5.00. The van der Waals surface area contributed by atoms with E-state index in [1.165, 1.54) is 20.4 Å². The van der Waals surface area contributed by atoms with Crippen molar-refractivity contribution >= 4 is 24.1 Å². The van der Waals surface area contributed by atoms with Crippen LogP contribution in [0.15, 0.2) is 65.4 Å². The van der Waals surface area contributed by atoms with Crippen molar-refractivity contribution in [1.29, 1.82) is 0 Å². The third-order valence-electron chi connectivity index (χ3n) is 5.59. The summed E-state index contributed by atoms with van der Waals surface area (Å²) in [6.45, 7) is 7.12. The van der Waals surface area contributed by atoms with Crippen LogP contribution in [-0.4, -0.2) is 58.2 Å². The van der Waals surface area contributed by atoms with Gasteiger partial charge in [-0.3, -0.25) is 4.79 Å². The lowest BCUT2D eigenvalue weighted by molar-refractivity contribution is -0.139. The monoisotopic (exact) mass is 552 g/mol. The highest BCUT2D eigenvalue weighted by atomic mass is 16.5.